The fourth-order valence-electron chi connectivity index (χ4n) is 3.54. The molecule has 1 aromatic carbocycles. The number of ketones is 1. The molecule has 0 radical (unpaired) electrons. The van der Waals surface area contributed by atoms with E-state index in [0.29, 0.717) is 24.3 Å². The van der Waals surface area contributed by atoms with Gasteiger partial charge in [0.2, 0.25) is 0 Å². The van der Waals surface area contributed by atoms with Crippen LogP contribution in [0.4, 0.5) is 0 Å². The summed E-state index contributed by atoms with van der Waals surface area (Å²) in [6, 6.07) is 6.99. The van der Waals surface area contributed by atoms with Crippen LogP contribution in [0.2, 0.25) is 0 Å². The van der Waals surface area contributed by atoms with Gasteiger partial charge in [-0.15, -0.1) is 0 Å². The third-order valence-electron chi connectivity index (χ3n) is 5.03. The number of carbonyl (C=O) groups is 2. The third kappa shape index (κ3) is 4.13. The second kappa shape index (κ2) is 8.96. The fourth-order valence-corrected chi connectivity index (χ4v) is 3.54. The minimum Gasteiger partial charge on any atom is -0.507 e. The second-order valence-corrected chi connectivity index (χ2v) is 7.31. The van der Waals surface area contributed by atoms with Crippen molar-refractivity contribution < 1.29 is 24.5 Å². The number of phenolic OH excluding ortho intramolecular Hbond substituents is 1. The van der Waals surface area contributed by atoms with Crippen molar-refractivity contribution in [2.24, 2.45) is 0 Å². The normalized spacial score (nSPS) is 18.3. The van der Waals surface area contributed by atoms with E-state index in [1.54, 1.807) is 30.6 Å². The minimum atomic E-state index is -0.783. The number of likely N-dealkylation sites (tertiary alicyclic amines) is 1. The minimum absolute atomic E-state index is 0.0566. The van der Waals surface area contributed by atoms with Crippen LogP contribution < -0.4 is 4.74 Å². The number of carbonyl (C=O) groups excluding carboxylic acids is 2. The average Bonchev–Trinajstić information content (AvgIpc) is 2.98. The van der Waals surface area contributed by atoms with Crippen LogP contribution in [0.25, 0.3) is 5.76 Å². The van der Waals surface area contributed by atoms with Crippen molar-refractivity contribution in [2.75, 3.05) is 34.3 Å². The quantitative estimate of drug-likeness (QED) is 0.409. The molecule has 1 aliphatic heterocycles. The van der Waals surface area contributed by atoms with Gasteiger partial charge in [-0.3, -0.25) is 14.6 Å². The summed E-state index contributed by atoms with van der Waals surface area (Å²) >= 11 is 0. The number of ether oxygens (including phenoxy) is 1. The zero-order chi connectivity index (χ0) is 21.8. The largest absolute Gasteiger partial charge is 0.507 e. The summed E-state index contributed by atoms with van der Waals surface area (Å²) in [6.07, 6.45) is 3.80. The van der Waals surface area contributed by atoms with E-state index in [4.69, 9.17) is 4.74 Å². The SMILES string of the molecule is COc1ccc(/C(O)=C2\C(=O)C(=O)N(CCCN(C)C)C2c2ccncc2)c(O)c1. The van der Waals surface area contributed by atoms with Crippen molar-refractivity contribution in [3.63, 3.8) is 0 Å². The van der Waals surface area contributed by atoms with Gasteiger partial charge >= 0.3 is 0 Å². The highest BCUT2D eigenvalue weighted by molar-refractivity contribution is 6.46. The second-order valence-electron chi connectivity index (χ2n) is 7.31. The number of hydrogen-bond donors (Lipinski definition) is 2. The smallest absolute Gasteiger partial charge is 0.295 e. The van der Waals surface area contributed by atoms with Crippen LogP contribution >= 0.6 is 0 Å². The lowest BCUT2D eigenvalue weighted by Gasteiger charge is -2.25. The fraction of sp³-hybridized carbons (Fsp3) is 0.318. The number of aromatic nitrogens is 1. The number of amides is 1. The number of aliphatic hydroxyl groups excluding tert-OH is 1. The molecule has 2 N–H and O–H groups in total. The first-order valence-electron chi connectivity index (χ1n) is 9.55. The predicted molar refractivity (Wildman–Crippen MR) is 111 cm³/mol. The zero-order valence-electron chi connectivity index (χ0n) is 17.2. The Labute approximate surface area is 175 Å². The molecule has 2 heterocycles. The standard InChI is InChI=1S/C22H25N3O5/c1-24(2)11-4-12-25-19(14-7-9-23-10-8-14)18(21(28)22(25)29)20(27)16-6-5-15(30-3)13-17(16)26/h5-10,13,19,26-27H,4,11-12H2,1-3H3/b20-18+. The predicted octanol–water partition coefficient (Wildman–Crippen LogP) is 2.17. The number of benzene rings is 1. The van der Waals surface area contributed by atoms with Gasteiger partial charge < -0.3 is 24.7 Å². The molecule has 1 fully saturated rings. The van der Waals surface area contributed by atoms with Crippen molar-refractivity contribution in [3.8, 4) is 11.5 Å². The molecule has 1 saturated heterocycles. The summed E-state index contributed by atoms with van der Waals surface area (Å²) < 4.78 is 5.07. The molecule has 0 saturated carbocycles. The molecule has 1 aromatic heterocycles. The molecule has 3 rings (SSSR count). The maximum absolute atomic E-state index is 12.9. The van der Waals surface area contributed by atoms with Crippen molar-refractivity contribution in [2.45, 2.75) is 12.5 Å². The van der Waals surface area contributed by atoms with Crippen molar-refractivity contribution in [1.82, 2.24) is 14.8 Å². The molecule has 1 unspecified atom stereocenters. The van der Waals surface area contributed by atoms with Crippen LogP contribution in [0.15, 0.2) is 48.3 Å². The Morgan fingerprint density at radius 1 is 1.20 bits per heavy atom. The Hall–Kier alpha value is -3.39. The molecular formula is C22H25N3O5. The first kappa shape index (κ1) is 21.3. The summed E-state index contributed by atoms with van der Waals surface area (Å²) in [5, 5.41) is 21.3. The zero-order valence-corrected chi connectivity index (χ0v) is 17.2. The molecule has 0 aliphatic carbocycles. The number of methoxy groups -OCH3 is 1. The summed E-state index contributed by atoms with van der Waals surface area (Å²) in [7, 11) is 5.32. The van der Waals surface area contributed by atoms with Crippen LogP contribution in [-0.4, -0.2) is 71.0 Å². The van der Waals surface area contributed by atoms with Crippen LogP contribution in [0.1, 0.15) is 23.6 Å². The number of Topliss-reactive ketones (excluding diaryl/α,β-unsaturated/α-hetero) is 1. The first-order chi connectivity index (χ1) is 14.3. The Kier molecular flexibility index (Phi) is 6.37. The van der Waals surface area contributed by atoms with E-state index in [-0.39, 0.29) is 16.9 Å². The summed E-state index contributed by atoms with van der Waals surface area (Å²) in [6.45, 7) is 1.09. The van der Waals surface area contributed by atoms with Gasteiger partial charge in [0, 0.05) is 25.0 Å². The van der Waals surface area contributed by atoms with Crippen molar-refractivity contribution >= 4 is 17.4 Å². The first-order valence-corrected chi connectivity index (χ1v) is 9.55. The molecule has 0 bridgehead atoms. The monoisotopic (exact) mass is 411 g/mol. The average molecular weight is 411 g/mol. The Balaban J connectivity index is 2.09. The molecule has 1 aliphatic rings. The van der Waals surface area contributed by atoms with Gasteiger partial charge in [0.25, 0.3) is 11.7 Å². The highest BCUT2D eigenvalue weighted by Gasteiger charge is 2.46. The number of hydrogen-bond acceptors (Lipinski definition) is 7. The highest BCUT2D eigenvalue weighted by atomic mass is 16.5. The lowest BCUT2D eigenvalue weighted by Crippen LogP contribution is -2.32. The topological polar surface area (TPSA) is 103 Å². The molecule has 8 nitrogen and oxygen atoms in total. The maximum Gasteiger partial charge on any atom is 0.295 e. The van der Waals surface area contributed by atoms with Crippen LogP contribution in [0.5, 0.6) is 11.5 Å². The van der Waals surface area contributed by atoms with E-state index < -0.39 is 23.5 Å². The van der Waals surface area contributed by atoms with E-state index in [1.165, 1.54) is 24.1 Å². The third-order valence-corrected chi connectivity index (χ3v) is 5.03. The highest BCUT2D eigenvalue weighted by Crippen LogP contribution is 2.41. The molecule has 1 atom stereocenters. The van der Waals surface area contributed by atoms with Crippen LogP contribution in [0.3, 0.4) is 0 Å². The maximum atomic E-state index is 12.9. The van der Waals surface area contributed by atoms with Gasteiger partial charge in [0.05, 0.1) is 24.3 Å². The Bertz CT molecular complexity index is 972. The molecule has 2 aromatic rings. The van der Waals surface area contributed by atoms with E-state index in [9.17, 15) is 19.8 Å². The van der Waals surface area contributed by atoms with Gasteiger partial charge in [0.1, 0.15) is 17.3 Å². The number of rotatable bonds is 7. The van der Waals surface area contributed by atoms with Crippen molar-refractivity contribution in [3.05, 3.63) is 59.4 Å². The number of aliphatic hydroxyl groups is 1. The summed E-state index contributed by atoms with van der Waals surface area (Å²) in [5.41, 5.74) is 0.654. The van der Waals surface area contributed by atoms with Crippen LogP contribution in [0, 0.1) is 0 Å². The number of nitrogens with zero attached hydrogens (tertiary/aromatic N) is 3. The van der Waals surface area contributed by atoms with Gasteiger partial charge in [0.15, 0.2) is 0 Å². The molecule has 8 heteroatoms. The lowest BCUT2D eigenvalue weighted by molar-refractivity contribution is -0.139. The van der Waals surface area contributed by atoms with Gasteiger partial charge in [-0.2, -0.15) is 0 Å². The number of aromatic hydroxyl groups is 1. The Morgan fingerprint density at radius 3 is 2.50 bits per heavy atom. The number of phenols is 1. The summed E-state index contributed by atoms with van der Waals surface area (Å²) in [5.74, 6) is -1.73. The van der Waals surface area contributed by atoms with Gasteiger partial charge in [-0.25, -0.2) is 0 Å². The Morgan fingerprint density at radius 2 is 1.90 bits per heavy atom. The van der Waals surface area contributed by atoms with Crippen LogP contribution in [-0.2, 0) is 9.59 Å². The number of pyridine rings is 1. The molecule has 30 heavy (non-hydrogen) atoms. The molecular weight excluding hydrogens is 386 g/mol. The van der Waals surface area contributed by atoms with Gasteiger partial charge in [-0.1, -0.05) is 0 Å². The van der Waals surface area contributed by atoms with E-state index >= 15 is 0 Å². The van der Waals surface area contributed by atoms with E-state index in [1.807, 2.05) is 19.0 Å². The van der Waals surface area contributed by atoms with Gasteiger partial charge in [-0.05, 0) is 56.9 Å². The van der Waals surface area contributed by atoms with Crippen molar-refractivity contribution in [1.29, 1.82) is 0 Å². The molecule has 0 spiro atoms. The molecule has 158 valence electrons. The van der Waals surface area contributed by atoms with E-state index in [2.05, 4.69) is 4.98 Å². The molecule has 1 amide bonds. The van der Waals surface area contributed by atoms with E-state index in [0.717, 1.165) is 6.54 Å². The summed E-state index contributed by atoms with van der Waals surface area (Å²) in [4.78, 5) is 33.2. The lowest BCUT2D eigenvalue weighted by atomic mass is 9.95.